The largest absolute Gasteiger partial charge is 0.496 e. The fourth-order valence-electron chi connectivity index (χ4n) is 3.13. The zero-order chi connectivity index (χ0) is 21.0. The molecule has 0 spiro atoms. The first-order valence-corrected chi connectivity index (χ1v) is 8.95. The fraction of sp³-hybridized carbons (Fsp3) is 0.300. The van der Waals surface area contributed by atoms with Crippen molar-refractivity contribution in [2.75, 3.05) is 43.5 Å². The number of piperazine rings is 1. The molecule has 1 aliphatic rings. The van der Waals surface area contributed by atoms with E-state index in [4.69, 9.17) is 4.74 Å². The van der Waals surface area contributed by atoms with E-state index in [9.17, 15) is 22.8 Å². The highest BCUT2D eigenvalue weighted by Crippen LogP contribution is 2.24. The summed E-state index contributed by atoms with van der Waals surface area (Å²) in [4.78, 5) is 26.4. The predicted molar refractivity (Wildman–Crippen MR) is 102 cm³/mol. The van der Waals surface area contributed by atoms with Crippen molar-refractivity contribution in [1.82, 2.24) is 4.90 Å². The van der Waals surface area contributed by atoms with Crippen LogP contribution in [-0.2, 0) is 4.79 Å². The van der Waals surface area contributed by atoms with Crippen molar-refractivity contribution >= 4 is 23.2 Å². The Morgan fingerprint density at radius 3 is 2.17 bits per heavy atom. The van der Waals surface area contributed by atoms with Crippen LogP contribution >= 0.6 is 0 Å². The molecule has 6 nitrogen and oxygen atoms in total. The van der Waals surface area contributed by atoms with E-state index in [1.165, 1.54) is 7.11 Å². The number of nitrogens with zero attached hydrogens (tertiary/aromatic N) is 2. The number of carbonyl (C=O) groups is 2. The summed E-state index contributed by atoms with van der Waals surface area (Å²) in [6, 6.07) is 13.9. The van der Waals surface area contributed by atoms with Gasteiger partial charge in [-0.05, 0) is 36.4 Å². The number of rotatable bonds is 4. The quantitative estimate of drug-likeness (QED) is 0.846. The molecule has 2 amide bonds. The van der Waals surface area contributed by atoms with Crippen LogP contribution in [0.15, 0.2) is 48.5 Å². The predicted octanol–water partition coefficient (Wildman–Crippen LogP) is 3.16. The van der Waals surface area contributed by atoms with E-state index < -0.39 is 12.1 Å². The highest BCUT2D eigenvalue weighted by molar-refractivity contribution is 6.06. The second-order valence-electron chi connectivity index (χ2n) is 6.48. The molecule has 0 aromatic heterocycles. The Hall–Kier alpha value is -3.23. The molecule has 1 saturated heterocycles. The molecule has 154 valence electrons. The molecule has 1 N–H and O–H groups in total. The van der Waals surface area contributed by atoms with Gasteiger partial charge in [-0.3, -0.25) is 9.59 Å². The van der Waals surface area contributed by atoms with Gasteiger partial charge >= 0.3 is 12.1 Å². The van der Waals surface area contributed by atoms with Crippen LogP contribution in [0.1, 0.15) is 10.4 Å². The van der Waals surface area contributed by atoms with Crippen LogP contribution in [-0.4, -0.2) is 56.2 Å². The van der Waals surface area contributed by atoms with E-state index in [1.54, 1.807) is 48.5 Å². The van der Waals surface area contributed by atoms with Gasteiger partial charge in [0.05, 0.1) is 12.7 Å². The van der Waals surface area contributed by atoms with Crippen LogP contribution in [0.5, 0.6) is 5.75 Å². The summed E-state index contributed by atoms with van der Waals surface area (Å²) in [6.45, 7) is 0.610. The minimum absolute atomic E-state index is 0.00460. The molecule has 0 radical (unpaired) electrons. The summed E-state index contributed by atoms with van der Waals surface area (Å²) in [5.74, 6) is -1.64. The summed E-state index contributed by atoms with van der Waals surface area (Å²) in [5, 5.41) is 2.79. The number of hydrogen-bond donors (Lipinski definition) is 1. The lowest BCUT2D eigenvalue weighted by atomic mass is 10.1. The fourth-order valence-corrected chi connectivity index (χ4v) is 3.13. The maximum Gasteiger partial charge on any atom is 0.471 e. The van der Waals surface area contributed by atoms with Gasteiger partial charge in [-0.25, -0.2) is 0 Å². The summed E-state index contributed by atoms with van der Waals surface area (Å²) in [7, 11) is 1.49. The molecule has 0 unspecified atom stereocenters. The number of amides is 2. The molecule has 29 heavy (non-hydrogen) atoms. The summed E-state index contributed by atoms with van der Waals surface area (Å²) >= 11 is 0. The number of nitrogens with one attached hydrogen (secondary N) is 1. The van der Waals surface area contributed by atoms with E-state index in [1.807, 2.05) is 4.90 Å². The molecule has 3 rings (SSSR count). The van der Waals surface area contributed by atoms with Gasteiger partial charge in [0, 0.05) is 37.6 Å². The highest BCUT2D eigenvalue weighted by atomic mass is 19.4. The van der Waals surface area contributed by atoms with Gasteiger partial charge in [-0.1, -0.05) is 12.1 Å². The van der Waals surface area contributed by atoms with Gasteiger partial charge in [0.15, 0.2) is 0 Å². The Balaban J connectivity index is 1.60. The van der Waals surface area contributed by atoms with E-state index in [0.717, 1.165) is 10.6 Å². The molecule has 9 heteroatoms. The van der Waals surface area contributed by atoms with Gasteiger partial charge in [0.1, 0.15) is 5.75 Å². The van der Waals surface area contributed by atoms with Crippen molar-refractivity contribution in [2.45, 2.75) is 6.18 Å². The standard InChI is InChI=1S/C20H20F3N3O3/c1-29-17-5-3-2-4-16(17)18(27)24-14-6-8-15(9-7-14)25-10-12-26(13-11-25)19(28)20(21,22)23/h2-9H,10-13H2,1H3,(H,24,27). The molecule has 1 fully saturated rings. The second-order valence-corrected chi connectivity index (χ2v) is 6.48. The average Bonchev–Trinajstić information content (AvgIpc) is 2.73. The lowest BCUT2D eigenvalue weighted by molar-refractivity contribution is -0.185. The number of hydrogen-bond acceptors (Lipinski definition) is 4. The average molecular weight is 407 g/mol. The summed E-state index contributed by atoms with van der Waals surface area (Å²) < 4.78 is 42.8. The van der Waals surface area contributed by atoms with Gasteiger partial charge in [-0.15, -0.1) is 0 Å². The van der Waals surface area contributed by atoms with E-state index in [2.05, 4.69) is 5.32 Å². The number of benzene rings is 2. The lowest BCUT2D eigenvalue weighted by Gasteiger charge is -2.36. The van der Waals surface area contributed by atoms with Crippen molar-refractivity contribution < 1.29 is 27.5 Å². The Labute approximate surface area is 165 Å². The maximum atomic E-state index is 12.5. The summed E-state index contributed by atoms with van der Waals surface area (Å²) in [6.07, 6.45) is -4.84. The number of ether oxygens (including phenoxy) is 1. The number of para-hydroxylation sites is 1. The van der Waals surface area contributed by atoms with Gasteiger partial charge < -0.3 is 19.9 Å². The van der Waals surface area contributed by atoms with E-state index in [0.29, 0.717) is 30.1 Å². The first-order valence-electron chi connectivity index (χ1n) is 8.95. The third kappa shape index (κ3) is 4.79. The van der Waals surface area contributed by atoms with E-state index in [-0.39, 0.29) is 19.0 Å². The molecule has 0 saturated carbocycles. The maximum absolute atomic E-state index is 12.5. The Bertz CT molecular complexity index is 877. The van der Waals surface area contributed by atoms with Crippen LogP contribution in [0.25, 0.3) is 0 Å². The number of carbonyl (C=O) groups excluding carboxylic acids is 2. The van der Waals surface area contributed by atoms with Crippen molar-refractivity contribution in [3.05, 3.63) is 54.1 Å². The second kappa shape index (κ2) is 8.42. The minimum Gasteiger partial charge on any atom is -0.496 e. The monoisotopic (exact) mass is 407 g/mol. The van der Waals surface area contributed by atoms with Crippen LogP contribution in [0.2, 0.25) is 0 Å². The first kappa shape index (κ1) is 20.5. The molecule has 2 aromatic rings. The topological polar surface area (TPSA) is 61.9 Å². The third-order valence-corrected chi connectivity index (χ3v) is 4.65. The Kier molecular flexibility index (Phi) is 5.95. The molecule has 0 bridgehead atoms. The summed E-state index contributed by atoms with van der Waals surface area (Å²) in [5.41, 5.74) is 1.79. The van der Waals surface area contributed by atoms with Gasteiger partial charge in [-0.2, -0.15) is 13.2 Å². The zero-order valence-corrected chi connectivity index (χ0v) is 15.7. The van der Waals surface area contributed by atoms with Gasteiger partial charge in [0.2, 0.25) is 0 Å². The molecule has 2 aromatic carbocycles. The zero-order valence-electron chi connectivity index (χ0n) is 15.7. The Morgan fingerprint density at radius 2 is 1.59 bits per heavy atom. The number of alkyl halides is 3. The van der Waals surface area contributed by atoms with Crippen molar-refractivity contribution in [2.24, 2.45) is 0 Å². The Morgan fingerprint density at radius 1 is 0.966 bits per heavy atom. The lowest BCUT2D eigenvalue weighted by Crippen LogP contribution is -2.52. The first-order chi connectivity index (χ1) is 13.8. The van der Waals surface area contributed by atoms with Crippen LogP contribution < -0.4 is 15.0 Å². The third-order valence-electron chi connectivity index (χ3n) is 4.65. The molecular formula is C20H20F3N3O3. The number of anilines is 2. The van der Waals surface area contributed by atoms with E-state index >= 15 is 0 Å². The van der Waals surface area contributed by atoms with Crippen molar-refractivity contribution in [3.63, 3.8) is 0 Å². The van der Waals surface area contributed by atoms with Gasteiger partial charge in [0.25, 0.3) is 5.91 Å². The van der Waals surface area contributed by atoms with Crippen LogP contribution in [0.3, 0.4) is 0 Å². The molecule has 1 aliphatic heterocycles. The van der Waals surface area contributed by atoms with Crippen LogP contribution in [0, 0.1) is 0 Å². The molecular weight excluding hydrogens is 387 g/mol. The van der Waals surface area contributed by atoms with Crippen LogP contribution in [0.4, 0.5) is 24.5 Å². The molecule has 0 aliphatic carbocycles. The minimum atomic E-state index is -4.84. The highest BCUT2D eigenvalue weighted by Gasteiger charge is 2.43. The van der Waals surface area contributed by atoms with Crippen molar-refractivity contribution in [1.29, 1.82) is 0 Å². The smallest absolute Gasteiger partial charge is 0.471 e. The number of methoxy groups -OCH3 is 1. The molecule has 1 heterocycles. The van der Waals surface area contributed by atoms with Crippen molar-refractivity contribution in [3.8, 4) is 5.75 Å². The molecule has 0 atom stereocenters. The normalized spacial score (nSPS) is 14.5. The number of halogens is 3. The SMILES string of the molecule is COc1ccccc1C(=O)Nc1ccc(N2CCN(C(=O)C(F)(F)F)CC2)cc1.